The quantitative estimate of drug-likeness (QED) is 0.926. The molecule has 2 rings (SSSR count). The number of aliphatic hydroxyl groups is 1. The number of hydrogen-bond donors (Lipinski definition) is 1. The van der Waals surface area contributed by atoms with Gasteiger partial charge in [-0.3, -0.25) is 4.68 Å². The van der Waals surface area contributed by atoms with Gasteiger partial charge in [0, 0.05) is 25.5 Å². The average molecular weight is 303 g/mol. The second-order valence-corrected chi connectivity index (χ2v) is 5.75. The molecule has 1 aromatic rings. The van der Waals surface area contributed by atoms with Gasteiger partial charge in [0.25, 0.3) is 0 Å². The van der Waals surface area contributed by atoms with Gasteiger partial charge in [-0.05, 0) is 35.7 Å². The van der Waals surface area contributed by atoms with E-state index in [1.165, 1.54) is 0 Å². The van der Waals surface area contributed by atoms with Gasteiger partial charge in [-0.25, -0.2) is 0 Å². The maximum absolute atomic E-state index is 9.67. The standard InChI is InChI=1S/C12H19BrN2O2/c1-9-11(13)10(15(2)14-9)6-12(7-16)4-3-5-17-8-12/h16H,3-8H2,1-2H3. The molecule has 0 radical (unpaired) electrons. The van der Waals surface area contributed by atoms with E-state index in [9.17, 15) is 5.11 Å². The molecule has 1 aliphatic rings. The summed E-state index contributed by atoms with van der Waals surface area (Å²) in [4.78, 5) is 0. The molecule has 1 aliphatic heterocycles. The fraction of sp³-hybridized carbons (Fsp3) is 0.750. The third kappa shape index (κ3) is 2.56. The molecule has 0 aliphatic carbocycles. The van der Waals surface area contributed by atoms with Crippen molar-refractivity contribution in [1.82, 2.24) is 9.78 Å². The number of nitrogens with zero attached hydrogens (tertiary/aromatic N) is 2. The monoisotopic (exact) mass is 302 g/mol. The lowest BCUT2D eigenvalue weighted by Gasteiger charge is -2.35. The smallest absolute Gasteiger partial charge is 0.0738 e. The Labute approximate surface area is 110 Å². The van der Waals surface area contributed by atoms with Crippen LogP contribution in [0.4, 0.5) is 0 Å². The van der Waals surface area contributed by atoms with Gasteiger partial charge >= 0.3 is 0 Å². The van der Waals surface area contributed by atoms with Crippen molar-refractivity contribution < 1.29 is 9.84 Å². The molecule has 0 amide bonds. The van der Waals surface area contributed by atoms with Crippen LogP contribution in [-0.2, 0) is 18.2 Å². The highest BCUT2D eigenvalue weighted by atomic mass is 79.9. The first-order valence-corrected chi connectivity index (χ1v) is 6.74. The minimum atomic E-state index is -0.138. The van der Waals surface area contributed by atoms with Gasteiger partial charge in [-0.1, -0.05) is 0 Å². The van der Waals surface area contributed by atoms with Crippen LogP contribution in [0.5, 0.6) is 0 Å². The van der Waals surface area contributed by atoms with Crippen molar-refractivity contribution in [2.75, 3.05) is 19.8 Å². The summed E-state index contributed by atoms with van der Waals surface area (Å²) in [6, 6.07) is 0. The molecule has 5 heteroatoms. The zero-order valence-corrected chi connectivity index (χ0v) is 12.0. The minimum absolute atomic E-state index is 0.138. The molecule has 96 valence electrons. The molecule has 1 unspecified atom stereocenters. The van der Waals surface area contributed by atoms with Crippen LogP contribution in [-0.4, -0.2) is 34.7 Å². The van der Waals surface area contributed by atoms with Gasteiger partial charge in [-0.2, -0.15) is 5.10 Å². The van der Waals surface area contributed by atoms with E-state index in [2.05, 4.69) is 21.0 Å². The largest absolute Gasteiger partial charge is 0.396 e. The highest BCUT2D eigenvalue weighted by Crippen LogP contribution is 2.34. The van der Waals surface area contributed by atoms with E-state index in [4.69, 9.17) is 4.74 Å². The van der Waals surface area contributed by atoms with Crippen LogP contribution in [0.25, 0.3) is 0 Å². The topological polar surface area (TPSA) is 47.3 Å². The maximum Gasteiger partial charge on any atom is 0.0738 e. The fourth-order valence-electron chi connectivity index (χ4n) is 2.46. The number of aromatic nitrogens is 2. The van der Waals surface area contributed by atoms with Gasteiger partial charge in [0.05, 0.1) is 29.1 Å². The summed E-state index contributed by atoms with van der Waals surface area (Å²) in [7, 11) is 1.95. The molecule has 1 aromatic heterocycles. The molecule has 1 N–H and O–H groups in total. The van der Waals surface area contributed by atoms with Crippen molar-refractivity contribution in [3.8, 4) is 0 Å². The molecule has 2 heterocycles. The third-order valence-corrected chi connectivity index (χ3v) is 4.58. The molecule has 0 aromatic carbocycles. The van der Waals surface area contributed by atoms with Crippen molar-refractivity contribution >= 4 is 15.9 Å². The van der Waals surface area contributed by atoms with Crippen LogP contribution >= 0.6 is 15.9 Å². The molecule has 1 saturated heterocycles. The van der Waals surface area contributed by atoms with Crippen LogP contribution in [0.3, 0.4) is 0 Å². The minimum Gasteiger partial charge on any atom is -0.396 e. The summed E-state index contributed by atoms with van der Waals surface area (Å²) in [5.74, 6) is 0. The maximum atomic E-state index is 9.67. The Morgan fingerprint density at radius 1 is 1.59 bits per heavy atom. The summed E-state index contributed by atoms with van der Waals surface area (Å²) in [5.41, 5.74) is 2.00. The third-order valence-electron chi connectivity index (χ3n) is 3.54. The Morgan fingerprint density at radius 2 is 2.35 bits per heavy atom. The van der Waals surface area contributed by atoms with E-state index in [0.717, 1.165) is 41.7 Å². The zero-order chi connectivity index (χ0) is 12.5. The van der Waals surface area contributed by atoms with Gasteiger partial charge < -0.3 is 9.84 Å². The summed E-state index contributed by atoms with van der Waals surface area (Å²) in [6.07, 6.45) is 2.84. The highest BCUT2D eigenvalue weighted by Gasteiger charge is 2.34. The van der Waals surface area contributed by atoms with Crippen molar-refractivity contribution in [3.05, 3.63) is 15.9 Å². The number of halogens is 1. The van der Waals surface area contributed by atoms with Gasteiger partial charge in [-0.15, -0.1) is 0 Å². The molecule has 0 spiro atoms. The van der Waals surface area contributed by atoms with Crippen LogP contribution in [0.1, 0.15) is 24.2 Å². The van der Waals surface area contributed by atoms with E-state index in [0.29, 0.717) is 6.61 Å². The van der Waals surface area contributed by atoms with Gasteiger partial charge in [0.15, 0.2) is 0 Å². The SMILES string of the molecule is Cc1nn(C)c(CC2(CO)CCCOC2)c1Br. The number of aryl methyl sites for hydroxylation is 2. The Morgan fingerprint density at radius 3 is 2.82 bits per heavy atom. The molecule has 17 heavy (non-hydrogen) atoms. The average Bonchev–Trinajstić information content (AvgIpc) is 2.57. The Kier molecular flexibility index (Phi) is 3.90. The van der Waals surface area contributed by atoms with E-state index in [1.807, 2.05) is 18.7 Å². The highest BCUT2D eigenvalue weighted by molar-refractivity contribution is 9.10. The lowest BCUT2D eigenvalue weighted by Crippen LogP contribution is -2.38. The van der Waals surface area contributed by atoms with E-state index < -0.39 is 0 Å². The number of ether oxygens (including phenoxy) is 1. The molecular formula is C12H19BrN2O2. The summed E-state index contributed by atoms with van der Waals surface area (Å²) in [5, 5.41) is 14.1. The van der Waals surface area contributed by atoms with E-state index in [-0.39, 0.29) is 12.0 Å². The first-order chi connectivity index (χ1) is 8.08. The van der Waals surface area contributed by atoms with Crippen molar-refractivity contribution in [2.45, 2.75) is 26.2 Å². The Balaban J connectivity index is 2.23. The second kappa shape index (κ2) is 5.08. The lowest BCUT2D eigenvalue weighted by atomic mass is 9.79. The summed E-state index contributed by atoms with van der Waals surface area (Å²) >= 11 is 3.58. The van der Waals surface area contributed by atoms with Crippen LogP contribution in [0.2, 0.25) is 0 Å². The van der Waals surface area contributed by atoms with Gasteiger partial charge in [0.2, 0.25) is 0 Å². The predicted molar refractivity (Wildman–Crippen MR) is 68.9 cm³/mol. The molecule has 1 atom stereocenters. The van der Waals surface area contributed by atoms with E-state index >= 15 is 0 Å². The predicted octanol–water partition coefficient (Wildman–Crippen LogP) is 1.82. The fourth-order valence-corrected chi connectivity index (χ4v) is 2.93. The van der Waals surface area contributed by atoms with Crippen molar-refractivity contribution in [1.29, 1.82) is 0 Å². The summed E-state index contributed by atoms with van der Waals surface area (Å²) in [6.45, 7) is 3.60. The first kappa shape index (κ1) is 13.1. The Bertz CT molecular complexity index is 397. The molecule has 4 nitrogen and oxygen atoms in total. The van der Waals surface area contributed by atoms with Crippen LogP contribution in [0, 0.1) is 12.3 Å². The second-order valence-electron chi connectivity index (χ2n) is 4.96. The summed E-state index contributed by atoms with van der Waals surface area (Å²) < 4.78 is 8.48. The first-order valence-electron chi connectivity index (χ1n) is 5.94. The molecule has 0 saturated carbocycles. The van der Waals surface area contributed by atoms with Crippen LogP contribution in [0.15, 0.2) is 4.47 Å². The Hall–Kier alpha value is -0.390. The van der Waals surface area contributed by atoms with E-state index in [1.54, 1.807) is 0 Å². The van der Waals surface area contributed by atoms with Crippen molar-refractivity contribution in [3.63, 3.8) is 0 Å². The number of rotatable bonds is 3. The van der Waals surface area contributed by atoms with Crippen LogP contribution < -0.4 is 0 Å². The number of hydrogen-bond acceptors (Lipinski definition) is 3. The molecular weight excluding hydrogens is 284 g/mol. The zero-order valence-electron chi connectivity index (χ0n) is 10.4. The number of aliphatic hydroxyl groups excluding tert-OH is 1. The normalized spacial score (nSPS) is 25.2. The molecule has 0 bridgehead atoms. The molecule has 1 fully saturated rings. The lowest BCUT2D eigenvalue weighted by molar-refractivity contribution is -0.0388. The van der Waals surface area contributed by atoms with Gasteiger partial charge in [0.1, 0.15) is 0 Å². The van der Waals surface area contributed by atoms with Crippen molar-refractivity contribution in [2.24, 2.45) is 12.5 Å².